The molecule has 0 bridgehead atoms. The number of ether oxygens (including phenoxy) is 1. The summed E-state index contributed by atoms with van der Waals surface area (Å²) in [7, 11) is 0. The summed E-state index contributed by atoms with van der Waals surface area (Å²) in [5.74, 6) is 0.644. The molecule has 5 rings (SSSR count). The number of anilines is 1. The lowest BCUT2D eigenvalue weighted by Gasteiger charge is -2.35. The predicted molar refractivity (Wildman–Crippen MR) is 104 cm³/mol. The molecule has 27 heavy (non-hydrogen) atoms. The van der Waals surface area contributed by atoms with Crippen LogP contribution in [0.1, 0.15) is 19.8 Å². The number of nitrogens with zero attached hydrogens (tertiary/aromatic N) is 5. The lowest BCUT2D eigenvalue weighted by Crippen LogP contribution is -2.41. The molecular weight excluding hydrogens is 340 g/mol. The lowest BCUT2D eigenvalue weighted by molar-refractivity contribution is 0.00283. The largest absolute Gasteiger partial charge is 0.378 e. The monoisotopic (exact) mass is 360 g/mol. The number of rotatable bonds is 5. The van der Waals surface area contributed by atoms with Gasteiger partial charge >= 0.3 is 0 Å². The number of hydrogen-bond acceptors (Lipinski definition) is 6. The molecule has 1 aliphatic rings. The topological polar surface area (TPSA) is 77.2 Å². The van der Waals surface area contributed by atoms with Crippen LogP contribution in [0.2, 0.25) is 0 Å². The average Bonchev–Trinajstić information content (AvgIpc) is 3.09. The maximum absolute atomic E-state index is 5.60. The van der Waals surface area contributed by atoms with Gasteiger partial charge in [-0.1, -0.05) is 0 Å². The highest BCUT2D eigenvalue weighted by molar-refractivity contribution is 5.86. The zero-order valence-corrected chi connectivity index (χ0v) is 15.0. The van der Waals surface area contributed by atoms with Crippen LogP contribution in [-0.2, 0) is 4.74 Å². The van der Waals surface area contributed by atoms with Gasteiger partial charge in [-0.25, -0.2) is 19.5 Å². The summed E-state index contributed by atoms with van der Waals surface area (Å²) in [6.07, 6.45) is 9.78. The van der Waals surface area contributed by atoms with E-state index < -0.39 is 0 Å². The molecule has 0 atom stereocenters. The highest BCUT2D eigenvalue weighted by atomic mass is 16.5. The molecule has 1 N–H and O–H groups in total. The second-order valence-electron chi connectivity index (χ2n) is 6.81. The summed E-state index contributed by atoms with van der Waals surface area (Å²) in [6, 6.07) is 8.46. The molecule has 4 heterocycles. The van der Waals surface area contributed by atoms with Gasteiger partial charge in [-0.05, 0) is 44.0 Å². The first-order valence-electron chi connectivity index (χ1n) is 9.24. The zero-order valence-electron chi connectivity index (χ0n) is 15.0. The Bertz CT molecular complexity index is 1100. The van der Waals surface area contributed by atoms with Crippen molar-refractivity contribution in [2.24, 2.45) is 0 Å². The fraction of sp³-hybridized carbons (Fsp3) is 0.300. The van der Waals surface area contributed by atoms with Crippen molar-refractivity contribution >= 4 is 22.5 Å². The van der Waals surface area contributed by atoms with Gasteiger partial charge in [-0.3, -0.25) is 0 Å². The first-order valence-corrected chi connectivity index (χ1v) is 9.24. The predicted octanol–water partition coefficient (Wildman–Crippen LogP) is 3.32. The maximum Gasteiger partial charge on any atom is 0.241 e. The summed E-state index contributed by atoms with van der Waals surface area (Å²) in [6.45, 7) is 2.80. The third-order valence-corrected chi connectivity index (χ3v) is 5.01. The van der Waals surface area contributed by atoms with E-state index >= 15 is 0 Å². The van der Waals surface area contributed by atoms with E-state index in [1.807, 2.05) is 48.2 Å². The molecule has 1 aliphatic carbocycles. The van der Waals surface area contributed by atoms with Crippen molar-refractivity contribution in [3.05, 3.63) is 49.1 Å². The van der Waals surface area contributed by atoms with Crippen molar-refractivity contribution < 1.29 is 4.74 Å². The summed E-state index contributed by atoms with van der Waals surface area (Å²) in [5, 5.41) is 9.00. The van der Waals surface area contributed by atoms with E-state index in [0.29, 0.717) is 18.1 Å². The van der Waals surface area contributed by atoms with Crippen molar-refractivity contribution in [1.82, 2.24) is 24.6 Å². The molecule has 1 saturated carbocycles. The van der Waals surface area contributed by atoms with Crippen molar-refractivity contribution in [3.63, 3.8) is 0 Å². The first kappa shape index (κ1) is 16.1. The standard InChI is InChI=1S/C20H20N6O/c1-2-27-16-9-15(10-16)24-20-23-12-18-17(5-7-26(18)25-20)14-8-13-4-3-6-21-19(13)22-11-14/h3-8,11-12,15-16H,2,9-10H2,1H3,(H,24,25). The Balaban J connectivity index is 1.40. The van der Waals surface area contributed by atoms with Gasteiger partial charge in [0.15, 0.2) is 5.65 Å². The van der Waals surface area contributed by atoms with E-state index in [9.17, 15) is 0 Å². The minimum Gasteiger partial charge on any atom is -0.378 e. The molecule has 0 spiro atoms. The van der Waals surface area contributed by atoms with Crippen LogP contribution in [0.4, 0.5) is 5.95 Å². The van der Waals surface area contributed by atoms with Crippen LogP contribution in [-0.4, -0.2) is 43.3 Å². The molecule has 0 unspecified atom stereocenters. The molecular formula is C20H20N6O. The van der Waals surface area contributed by atoms with E-state index in [-0.39, 0.29) is 0 Å². The van der Waals surface area contributed by atoms with E-state index in [0.717, 1.165) is 47.1 Å². The van der Waals surface area contributed by atoms with E-state index in [2.05, 4.69) is 31.4 Å². The van der Waals surface area contributed by atoms with E-state index in [4.69, 9.17) is 4.74 Å². The zero-order chi connectivity index (χ0) is 18.2. The second-order valence-corrected chi connectivity index (χ2v) is 6.81. The first-order chi connectivity index (χ1) is 13.3. The summed E-state index contributed by atoms with van der Waals surface area (Å²) >= 11 is 0. The smallest absolute Gasteiger partial charge is 0.241 e. The Morgan fingerprint density at radius 2 is 2.11 bits per heavy atom. The normalized spacial score (nSPS) is 19.3. The SMILES string of the molecule is CCOC1CC(Nc2ncc3c(-c4cnc5ncccc5c4)ccn3n2)C1. The van der Waals surface area contributed by atoms with E-state index in [1.54, 1.807) is 6.20 Å². The number of nitrogens with one attached hydrogen (secondary N) is 1. The summed E-state index contributed by atoms with van der Waals surface area (Å²) in [4.78, 5) is 13.2. The molecule has 7 nitrogen and oxygen atoms in total. The van der Waals surface area contributed by atoms with Crippen LogP contribution in [0.3, 0.4) is 0 Å². The summed E-state index contributed by atoms with van der Waals surface area (Å²) in [5.41, 5.74) is 3.78. The van der Waals surface area contributed by atoms with Crippen LogP contribution in [0.15, 0.2) is 49.1 Å². The average molecular weight is 360 g/mol. The lowest BCUT2D eigenvalue weighted by atomic mass is 9.89. The molecule has 4 aromatic rings. The van der Waals surface area contributed by atoms with Crippen LogP contribution < -0.4 is 5.32 Å². The molecule has 4 aromatic heterocycles. The highest BCUT2D eigenvalue weighted by Gasteiger charge is 2.30. The Labute approximate surface area is 156 Å². The molecule has 0 radical (unpaired) electrons. The third-order valence-electron chi connectivity index (χ3n) is 5.01. The van der Waals surface area contributed by atoms with Gasteiger partial charge in [0.1, 0.15) is 0 Å². The molecule has 0 aromatic carbocycles. The molecule has 0 aliphatic heterocycles. The quantitative estimate of drug-likeness (QED) is 0.588. The minimum absolute atomic E-state index is 0.365. The second kappa shape index (κ2) is 6.59. The molecule has 0 saturated heterocycles. The number of pyridine rings is 2. The van der Waals surface area contributed by atoms with Gasteiger partial charge in [-0.2, -0.15) is 0 Å². The van der Waals surface area contributed by atoms with Crippen molar-refractivity contribution in [3.8, 4) is 11.1 Å². The Hall–Kier alpha value is -3.06. The fourth-order valence-electron chi connectivity index (χ4n) is 3.56. The molecule has 7 heteroatoms. The molecule has 136 valence electrons. The van der Waals surface area contributed by atoms with Gasteiger partial charge < -0.3 is 10.1 Å². The third kappa shape index (κ3) is 3.00. The molecule has 1 fully saturated rings. The number of aromatic nitrogens is 5. The minimum atomic E-state index is 0.365. The van der Waals surface area contributed by atoms with Crippen molar-refractivity contribution in [1.29, 1.82) is 0 Å². The van der Waals surface area contributed by atoms with Gasteiger partial charge in [0, 0.05) is 47.8 Å². The Morgan fingerprint density at radius 1 is 1.19 bits per heavy atom. The van der Waals surface area contributed by atoms with Crippen molar-refractivity contribution in [2.75, 3.05) is 11.9 Å². The van der Waals surface area contributed by atoms with Gasteiger partial charge in [0.25, 0.3) is 0 Å². The van der Waals surface area contributed by atoms with Crippen molar-refractivity contribution in [2.45, 2.75) is 31.9 Å². The van der Waals surface area contributed by atoms with E-state index in [1.165, 1.54) is 0 Å². The fourth-order valence-corrected chi connectivity index (χ4v) is 3.56. The van der Waals surface area contributed by atoms with Crippen LogP contribution in [0.25, 0.3) is 27.7 Å². The van der Waals surface area contributed by atoms with Gasteiger partial charge in [-0.15, -0.1) is 5.10 Å². The van der Waals surface area contributed by atoms with Crippen LogP contribution in [0.5, 0.6) is 0 Å². The summed E-state index contributed by atoms with van der Waals surface area (Å²) < 4.78 is 7.46. The Kier molecular flexibility index (Phi) is 3.94. The van der Waals surface area contributed by atoms with Crippen LogP contribution >= 0.6 is 0 Å². The van der Waals surface area contributed by atoms with Gasteiger partial charge in [0.05, 0.1) is 17.8 Å². The molecule has 0 amide bonds. The Morgan fingerprint density at radius 3 is 3.00 bits per heavy atom. The number of fused-ring (bicyclic) bond motifs is 2. The number of hydrogen-bond donors (Lipinski definition) is 1. The van der Waals surface area contributed by atoms with Gasteiger partial charge in [0.2, 0.25) is 5.95 Å². The highest BCUT2D eigenvalue weighted by Crippen LogP contribution is 2.28. The maximum atomic E-state index is 5.60. The van der Waals surface area contributed by atoms with Crippen LogP contribution in [0, 0.1) is 0 Å².